The number of primary amides is 1. The maximum absolute atomic E-state index is 11.5. The summed E-state index contributed by atoms with van der Waals surface area (Å²) < 4.78 is 1.49. The third-order valence-electron chi connectivity index (χ3n) is 2.70. The SMILES string of the molecule is CCCC(=O)Nc1cc2c(N)c(C(N)=O)cnn2c1. The van der Waals surface area contributed by atoms with E-state index in [1.165, 1.54) is 10.7 Å². The van der Waals surface area contributed by atoms with Gasteiger partial charge in [0.2, 0.25) is 5.91 Å². The van der Waals surface area contributed by atoms with Crippen LogP contribution in [0.4, 0.5) is 11.4 Å². The molecule has 0 fully saturated rings. The predicted molar refractivity (Wildman–Crippen MR) is 71.7 cm³/mol. The molecule has 2 aromatic rings. The largest absolute Gasteiger partial charge is 0.396 e. The van der Waals surface area contributed by atoms with Crippen molar-refractivity contribution < 1.29 is 9.59 Å². The molecule has 5 N–H and O–H groups in total. The van der Waals surface area contributed by atoms with Crippen LogP contribution in [0.5, 0.6) is 0 Å². The van der Waals surface area contributed by atoms with Crippen LogP contribution in [-0.4, -0.2) is 21.4 Å². The number of anilines is 2. The molecule has 0 aliphatic heterocycles. The van der Waals surface area contributed by atoms with Crippen LogP contribution < -0.4 is 16.8 Å². The zero-order valence-corrected chi connectivity index (χ0v) is 10.5. The lowest BCUT2D eigenvalue weighted by Gasteiger charge is -2.02. The predicted octanol–water partition coefficient (Wildman–Crippen LogP) is 0.754. The third-order valence-corrected chi connectivity index (χ3v) is 2.70. The highest BCUT2D eigenvalue weighted by Gasteiger charge is 2.12. The van der Waals surface area contributed by atoms with Crippen molar-refractivity contribution in [3.05, 3.63) is 24.0 Å². The maximum atomic E-state index is 11.5. The van der Waals surface area contributed by atoms with E-state index in [1.54, 1.807) is 12.3 Å². The summed E-state index contributed by atoms with van der Waals surface area (Å²) in [7, 11) is 0. The average Bonchev–Trinajstić information content (AvgIpc) is 2.72. The molecule has 0 unspecified atom stereocenters. The lowest BCUT2D eigenvalue weighted by molar-refractivity contribution is -0.116. The van der Waals surface area contributed by atoms with Crippen molar-refractivity contribution in [2.75, 3.05) is 11.1 Å². The number of nitrogen functional groups attached to an aromatic ring is 1. The molecule has 7 heteroatoms. The van der Waals surface area contributed by atoms with E-state index in [0.717, 1.165) is 6.42 Å². The van der Waals surface area contributed by atoms with E-state index in [-0.39, 0.29) is 17.2 Å². The van der Waals surface area contributed by atoms with Crippen LogP contribution in [0.1, 0.15) is 30.1 Å². The van der Waals surface area contributed by atoms with Gasteiger partial charge in [-0.05, 0) is 12.5 Å². The quantitative estimate of drug-likeness (QED) is 0.753. The number of hydrogen-bond donors (Lipinski definition) is 3. The highest BCUT2D eigenvalue weighted by Crippen LogP contribution is 2.22. The molecule has 7 nitrogen and oxygen atoms in total. The molecule has 100 valence electrons. The van der Waals surface area contributed by atoms with Gasteiger partial charge in [-0.2, -0.15) is 5.10 Å². The Bertz CT molecular complexity index is 647. The van der Waals surface area contributed by atoms with E-state index in [0.29, 0.717) is 17.6 Å². The van der Waals surface area contributed by atoms with Gasteiger partial charge in [0.15, 0.2) is 0 Å². The second kappa shape index (κ2) is 4.97. The zero-order valence-electron chi connectivity index (χ0n) is 10.5. The summed E-state index contributed by atoms with van der Waals surface area (Å²) in [4.78, 5) is 22.7. The second-order valence-electron chi connectivity index (χ2n) is 4.19. The minimum atomic E-state index is -0.634. The fourth-order valence-electron chi connectivity index (χ4n) is 1.79. The minimum absolute atomic E-state index is 0.0768. The lowest BCUT2D eigenvalue weighted by atomic mass is 10.2. The zero-order chi connectivity index (χ0) is 14.0. The molecule has 0 spiro atoms. The van der Waals surface area contributed by atoms with Crippen LogP contribution in [0.15, 0.2) is 18.5 Å². The number of nitrogens with one attached hydrogen (secondary N) is 1. The summed E-state index contributed by atoms with van der Waals surface area (Å²) >= 11 is 0. The van der Waals surface area contributed by atoms with Crippen molar-refractivity contribution in [3.63, 3.8) is 0 Å². The molecule has 2 rings (SSSR count). The van der Waals surface area contributed by atoms with Gasteiger partial charge in [0, 0.05) is 6.42 Å². The van der Waals surface area contributed by atoms with E-state index in [2.05, 4.69) is 10.4 Å². The number of fused-ring (bicyclic) bond motifs is 1. The summed E-state index contributed by atoms with van der Waals surface area (Å²) in [6.45, 7) is 1.93. The van der Waals surface area contributed by atoms with Gasteiger partial charge in [-0.3, -0.25) is 9.59 Å². The average molecular weight is 261 g/mol. The maximum Gasteiger partial charge on any atom is 0.252 e. The van der Waals surface area contributed by atoms with Crippen LogP contribution in [0, 0.1) is 0 Å². The number of amides is 2. The normalized spacial score (nSPS) is 10.6. The number of carbonyl (C=O) groups excluding carboxylic acids is 2. The number of rotatable bonds is 4. The van der Waals surface area contributed by atoms with Crippen LogP contribution >= 0.6 is 0 Å². The van der Waals surface area contributed by atoms with Gasteiger partial charge in [-0.25, -0.2) is 4.52 Å². The van der Waals surface area contributed by atoms with Crippen molar-refractivity contribution in [2.45, 2.75) is 19.8 Å². The molecule has 0 bridgehead atoms. The van der Waals surface area contributed by atoms with E-state index >= 15 is 0 Å². The lowest BCUT2D eigenvalue weighted by Crippen LogP contribution is -2.15. The molecule has 0 aromatic carbocycles. The van der Waals surface area contributed by atoms with Gasteiger partial charge < -0.3 is 16.8 Å². The first-order valence-electron chi connectivity index (χ1n) is 5.89. The Labute approximate surface area is 109 Å². The smallest absolute Gasteiger partial charge is 0.252 e. The molecular formula is C12H15N5O2. The fraction of sp³-hybridized carbons (Fsp3) is 0.250. The molecule has 0 aliphatic rings. The summed E-state index contributed by atoms with van der Waals surface area (Å²) in [5, 5.41) is 6.76. The molecule has 0 aliphatic carbocycles. The molecule has 2 heterocycles. The van der Waals surface area contributed by atoms with Crippen LogP contribution in [0.2, 0.25) is 0 Å². The summed E-state index contributed by atoms with van der Waals surface area (Å²) in [5.74, 6) is -0.711. The van der Waals surface area contributed by atoms with Crippen molar-refractivity contribution in [3.8, 4) is 0 Å². The third kappa shape index (κ3) is 2.49. The van der Waals surface area contributed by atoms with Crippen LogP contribution in [0.25, 0.3) is 5.52 Å². The van der Waals surface area contributed by atoms with Gasteiger partial charge in [0.25, 0.3) is 5.91 Å². The van der Waals surface area contributed by atoms with Crippen molar-refractivity contribution >= 4 is 28.7 Å². The topological polar surface area (TPSA) is 116 Å². The van der Waals surface area contributed by atoms with Gasteiger partial charge in [-0.1, -0.05) is 6.92 Å². The summed E-state index contributed by atoms with van der Waals surface area (Å²) in [6.07, 6.45) is 4.15. The van der Waals surface area contributed by atoms with E-state index < -0.39 is 5.91 Å². The van der Waals surface area contributed by atoms with Crippen molar-refractivity contribution in [1.29, 1.82) is 0 Å². The first-order chi connectivity index (χ1) is 9.02. The Morgan fingerprint density at radius 1 is 1.47 bits per heavy atom. The Kier molecular flexibility index (Phi) is 3.37. The van der Waals surface area contributed by atoms with E-state index in [1.807, 2.05) is 6.92 Å². The van der Waals surface area contributed by atoms with Crippen molar-refractivity contribution in [2.24, 2.45) is 5.73 Å². The molecule has 2 aromatic heterocycles. The van der Waals surface area contributed by atoms with Crippen molar-refractivity contribution in [1.82, 2.24) is 9.61 Å². The van der Waals surface area contributed by atoms with E-state index in [4.69, 9.17) is 11.5 Å². The molecule has 0 radical (unpaired) electrons. The first kappa shape index (κ1) is 12.9. The standard InChI is InChI=1S/C12H15N5O2/c1-2-3-10(18)16-7-4-9-11(13)8(12(14)19)5-15-17(9)6-7/h4-6H,2-3,13H2,1H3,(H2,14,19)(H,16,18). The fourth-order valence-corrected chi connectivity index (χ4v) is 1.79. The number of nitrogens with zero attached hydrogens (tertiary/aromatic N) is 2. The van der Waals surface area contributed by atoms with Crippen LogP contribution in [-0.2, 0) is 4.79 Å². The van der Waals surface area contributed by atoms with Crippen LogP contribution in [0.3, 0.4) is 0 Å². The van der Waals surface area contributed by atoms with Gasteiger partial charge in [-0.15, -0.1) is 0 Å². The van der Waals surface area contributed by atoms with Gasteiger partial charge in [0.1, 0.15) is 0 Å². The second-order valence-corrected chi connectivity index (χ2v) is 4.19. The highest BCUT2D eigenvalue weighted by molar-refractivity contribution is 6.01. The molecule has 0 saturated carbocycles. The molecular weight excluding hydrogens is 246 g/mol. The van der Waals surface area contributed by atoms with Gasteiger partial charge in [0.05, 0.1) is 34.8 Å². The Balaban J connectivity index is 2.38. The van der Waals surface area contributed by atoms with Gasteiger partial charge >= 0.3 is 0 Å². The molecule has 0 atom stereocenters. The summed E-state index contributed by atoms with van der Waals surface area (Å²) in [5.41, 5.74) is 12.6. The Morgan fingerprint density at radius 2 is 2.21 bits per heavy atom. The van der Waals surface area contributed by atoms with E-state index in [9.17, 15) is 9.59 Å². The Hall–Kier alpha value is -2.57. The molecule has 2 amide bonds. The number of aromatic nitrogens is 2. The summed E-state index contributed by atoms with van der Waals surface area (Å²) in [6, 6.07) is 1.66. The number of nitrogens with two attached hydrogens (primary N) is 2. The Morgan fingerprint density at radius 3 is 2.84 bits per heavy atom. The number of hydrogen-bond acceptors (Lipinski definition) is 4. The molecule has 0 saturated heterocycles. The number of carbonyl (C=O) groups is 2. The monoisotopic (exact) mass is 261 g/mol. The molecule has 19 heavy (non-hydrogen) atoms. The first-order valence-corrected chi connectivity index (χ1v) is 5.89. The highest BCUT2D eigenvalue weighted by atomic mass is 16.2. The minimum Gasteiger partial charge on any atom is -0.396 e.